The fourth-order valence-corrected chi connectivity index (χ4v) is 4.11. The number of benzene rings is 3. The number of nitrogens with zero attached hydrogens (tertiary/aromatic N) is 4. The van der Waals surface area contributed by atoms with Crippen molar-refractivity contribution in [3.8, 4) is 5.69 Å². The molecule has 5 aromatic rings. The molecule has 0 bridgehead atoms. The summed E-state index contributed by atoms with van der Waals surface area (Å²) in [5.41, 5.74) is 3.42. The second-order valence-corrected chi connectivity index (χ2v) is 7.86. The Morgan fingerprint density at radius 1 is 1.03 bits per heavy atom. The molecule has 0 aliphatic heterocycles. The van der Waals surface area contributed by atoms with Gasteiger partial charge in [0.1, 0.15) is 23.5 Å². The van der Waals surface area contributed by atoms with Gasteiger partial charge >= 0.3 is 0 Å². The van der Waals surface area contributed by atoms with Crippen molar-refractivity contribution < 1.29 is 9.18 Å². The first-order valence-electron chi connectivity index (χ1n) is 10.6. The van der Waals surface area contributed by atoms with Crippen LogP contribution in [0.4, 0.5) is 4.39 Å². The summed E-state index contributed by atoms with van der Waals surface area (Å²) in [6.07, 6.45) is 3.39. The van der Waals surface area contributed by atoms with Crippen LogP contribution in [0.15, 0.2) is 85.2 Å². The van der Waals surface area contributed by atoms with Crippen LogP contribution < -0.4 is 5.32 Å². The number of halogens is 1. The Bertz CT molecular complexity index is 1450. The Morgan fingerprint density at radius 3 is 2.52 bits per heavy atom. The lowest BCUT2D eigenvalue weighted by molar-refractivity contribution is 0.0940. The van der Waals surface area contributed by atoms with E-state index in [1.54, 1.807) is 47.3 Å². The highest BCUT2D eigenvalue weighted by Crippen LogP contribution is 2.25. The van der Waals surface area contributed by atoms with Gasteiger partial charge in [0, 0.05) is 36.3 Å². The highest BCUT2D eigenvalue weighted by molar-refractivity contribution is 5.98. The van der Waals surface area contributed by atoms with Crippen molar-refractivity contribution in [1.29, 1.82) is 0 Å². The molecular formula is C26H22FN5O. The molecule has 1 amide bonds. The van der Waals surface area contributed by atoms with Crippen LogP contribution in [0.2, 0.25) is 0 Å². The minimum atomic E-state index is -0.738. The molecule has 33 heavy (non-hydrogen) atoms. The summed E-state index contributed by atoms with van der Waals surface area (Å²) in [7, 11) is 1.81. The molecule has 164 valence electrons. The van der Waals surface area contributed by atoms with E-state index < -0.39 is 11.9 Å². The van der Waals surface area contributed by atoms with Gasteiger partial charge in [0.25, 0.3) is 5.91 Å². The summed E-state index contributed by atoms with van der Waals surface area (Å²) >= 11 is 0. The predicted octanol–water partition coefficient (Wildman–Crippen LogP) is 4.73. The van der Waals surface area contributed by atoms with E-state index >= 15 is 0 Å². The quantitative estimate of drug-likeness (QED) is 0.431. The van der Waals surface area contributed by atoms with Gasteiger partial charge in [-0.25, -0.2) is 14.4 Å². The smallest absolute Gasteiger partial charge is 0.252 e. The van der Waals surface area contributed by atoms with Crippen molar-refractivity contribution >= 4 is 16.9 Å². The summed E-state index contributed by atoms with van der Waals surface area (Å²) in [6, 6.07) is 21.0. The van der Waals surface area contributed by atoms with Gasteiger partial charge in [-0.3, -0.25) is 9.36 Å². The number of aromatic nitrogens is 4. The summed E-state index contributed by atoms with van der Waals surface area (Å²) < 4.78 is 18.4. The van der Waals surface area contributed by atoms with Crippen molar-refractivity contribution in [3.63, 3.8) is 0 Å². The van der Waals surface area contributed by atoms with Crippen LogP contribution in [0, 0.1) is 12.7 Å². The Balaban J connectivity index is 1.51. The lowest BCUT2D eigenvalue weighted by Crippen LogP contribution is -2.31. The normalized spacial score (nSPS) is 12.1. The van der Waals surface area contributed by atoms with Crippen molar-refractivity contribution in [3.05, 3.63) is 114 Å². The Labute approximate surface area is 190 Å². The van der Waals surface area contributed by atoms with Gasteiger partial charge in [-0.15, -0.1) is 0 Å². The number of para-hydroxylation sites is 1. The lowest BCUT2D eigenvalue weighted by atomic mass is 10.0. The second kappa shape index (κ2) is 8.35. The van der Waals surface area contributed by atoms with Gasteiger partial charge in [-0.05, 0) is 43.3 Å². The molecule has 0 spiro atoms. The summed E-state index contributed by atoms with van der Waals surface area (Å²) in [6.45, 7) is 1.93. The van der Waals surface area contributed by atoms with E-state index in [9.17, 15) is 9.18 Å². The first-order valence-corrected chi connectivity index (χ1v) is 10.6. The third kappa shape index (κ3) is 3.78. The number of aryl methyl sites for hydroxylation is 2. The average molecular weight is 439 g/mol. The number of amides is 1. The predicted molar refractivity (Wildman–Crippen MR) is 125 cm³/mol. The molecule has 2 heterocycles. The fourth-order valence-electron chi connectivity index (χ4n) is 4.11. The van der Waals surface area contributed by atoms with Crippen molar-refractivity contribution in [2.24, 2.45) is 7.05 Å². The van der Waals surface area contributed by atoms with E-state index in [1.165, 1.54) is 6.07 Å². The third-order valence-corrected chi connectivity index (χ3v) is 5.71. The van der Waals surface area contributed by atoms with Crippen LogP contribution in [-0.2, 0) is 7.05 Å². The number of hydrogen-bond acceptors (Lipinski definition) is 3. The van der Waals surface area contributed by atoms with Crippen LogP contribution in [0.1, 0.15) is 33.6 Å². The molecule has 1 atom stereocenters. The SMILES string of the molecule is Cc1nc2cc(C(=O)NC(c3ccccc3F)c3nccn3C)ccc2n1-c1ccccc1. The maximum Gasteiger partial charge on any atom is 0.252 e. The number of nitrogens with one attached hydrogen (secondary N) is 1. The molecule has 6 nitrogen and oxygen atoms in total. The molecule has 0 saturated carbocycles. The zero-order chi connectivity index (χ0) is 22.9. The summed E-state index contributed by atoms with van der Waals surface area (Å²) in [5.74, 6) is 0.628. The monoisotopic (exact) mass is 439 g/mol. The highest BCUT2D eigenvalue weighted by atomic mass is 19.1. The van der Waals surface area contributed by atoms with E-state index in [2.05, 4.69) is 15.3 Å². The molecule has 0 saturated heterocycles. The summed E-state index contributed by atoms with van der Waals surface area (Å²) in [5, 5.41) is 2.95. The van der Waals surface area contributed by atoms with Crippen molar-refractivity contribution in [2.45, 2.75) is 13.0 Å². The number of fused-ring (bicyclic) bond motifs is 1. The number of rotatable bonds is 5. The molecule has 0 radical (unpaired) electrons. The molecule has 1 N–H and O–H groups in total. The van der Waals surface area contributed by atoms with Crippen LogP contribution in [0.3, 0.4) is 0 Å². The minimum absolute atomic E-state index is 0.333. The Hall–Kier alpha value is -4.26. The molecule has 0 aliphatic carbocycles. The number of imidazole rings is 2. The number of carbonyl (C=O) groups excluding carboxylic acids is 1. The molecule has 2 aromatic heterocycles. The summed E-state index contributed by atoms with van der Waals surface area (Å²) in [4.78, 5) is 22.2. The van der Waals surface area contributed by atoms with Crippen LogP contribution in [-0.4, -0.2) is 25.0 Å². The topological polar surface area (TPSA) is 64.7 Å². The average Bonchev–Trinajstić information content (AvgIpc) is 3.39. The first kappa shape index (κ1) is 20.6. The standard InChI is InChI=1S/C26H22FN5O/c1-17-29-22-16-18(12-13-23(22)32(17)19-8-4-3-5-9-19)26(33)30-24(25-28-14-15-31(25)2)20-10-6-7-11-21(20)27/h3-16,24H,1-2H3,(H,30,33). The van der Waals surface area contributed by atoms with Crippen molar-refractivity contribution in [2.75, 3.05) is 0 Å². The van der Waals surface area contributed by atoms with Crippen molar-refractivity contribution in [1.82, 2.24) is 24.4 Å². The molecule has 0 fully saturated rings. The van der Waals surface area contributed by atoms with Gasteiger partial charge in [-0.1, -0.05) is 36.4 Å². The van der Waals surface area contributed by atoms with E-state index in [-0.39, 0.29) is 5.91 Å². The van der Waals surface area contributed by atoms with Gasteiger partial charge in [0.2, 0.25) is 0 Å². The van der Waals surface area contributed by atoms with E-state index in [1.807, 2.05) is 54.9 Å². The fraction of sp³-hybridized carbons (Fsp3) is 0.115. The van der Waals surface area contributed by atoms with Crippen LogP contribution in [0.25, 0.3) is 16.7 Å². The molecule has 1 unspecified atom stereocenters. The van der Waals surface area contributed by atoms with Gasteiger partial charge in [-0.2, -0.15) is 0 Å². The lowest BCUT2D eigenvalue weighted by Gasteiger charge is -2.20. The largest absolute Gasteiger partial charge is 0.338 e. The number of hydrogen-bond donors (Lipinski definition) is 1. The second-order valence-electron chi connectivity index (χ2n) is 7.86. The maximum atomic E-state index is 14.6. The highest BCUT2D eigenvalue weighted by Gasteiger charge is 2.24. The molecule has 5 rings (SSSR count). The Morgan fingerprint density at radius 2 is 1.79 bits per heavy atom. The van der Waals surface area contributed by atoms with Crippen LogP contribution in [0.5, 0.6) is 0 Å². The maximum absolute atomic E-state index is 14.6. The third-order valence-electron chi connectivity index (χ3n) is 5.71. The van der Waals surface area contributed by atoms with E-state index in [0.29, 0.717) is 22.5 Å². The molecule has 0 aliphatic rings. The molecule has 7 heteroatoms. The minimum Gasteiger partial charge on any atom is -0.338 e. The molecular weight excluding hydrogens is 417 g/mol. The van der Waals surface area contributed by atoms with Crippen LogP contribution >= 0.6 is 0 Å². The van der Waals surface area contributed by atoms with Gasteiger partial charge < -0.3 is 9.88 Å². The van der Waals surface area contributed by atoms with E-state index in [0.717, 1.165) is 17.0 Å². The first-order chi connectivity index (χ1) is 16.0. The molecule has 3 aromatic carbocycles. The number of carbonyl (C=O) groups is 1. The zero-order valence-corrected chi connectivity index (χ0v) is 18.2. The van der Waals surface area contributed by atoms with Gasteiger partial charge in [0.15, 0.2) is 0 Å². The zero-order valence-electron chi connectivity index (χ0n) is 18.2. The van der Waals surface area contributed by atoms with E-state index in [4.69, 9.17) is 0 Å². The van der Waals surface area contributed by atoms with Gasteiger partial charge in [0.05, 0.1) is 11.0 Å². The Kier molecular flexibility index (Phi) is 5.22.